The van der Waals surface area contributed by atoms with Gasteiger partial charge in [0.2, 0.25) is 0 Å². The number of aryl methyl sites for hydroxylation is 3. The Labute approximate surface area is 106 Å². The van der Waals surface area contributed by atoms with Crippen LogP contribution in [0.2, 0.25) is 0 Å². The molecule has 0 amide bonds. The monoisotopic (exact) mass is 250 g/mol. The summed E-state index contributed by atoms with van der Waals surface area (Å²) in [4.78, 5) is 5.78. The predicted molar refractivity (Wildman–Crippen MR) is 70.1 cm³/mol. The molecule has 1 atom stereocenters. The van der Waals surface area contributed by atoms with Crippen LogP contribution in [-0.4, -0.2) is 14.8 Å². The van der Waals surface area contributed by atoms with Crippen LogP contribution in [0.4, 0.5) is 0 Å². The molecule has 0 fully saturated rings. The summed E-state index contributed by atoms with van der Waals surface area (Å²) in [5.41, 5.74) is 2.34. The van der Waals surface area contributed by atoms with Crippen LogP contribution in [0, 0.1) is 13.8 Å². The maximum absolute atomic E-state index is 4.45. The average Bonchev–Trinajstić information content (AvgIpc) is 2.81. The third-order valence-corrected chi connectivity index (χ3v) is 3.96. The lowest BCUT2D eigenvalue weighted by atomic mass is 10.2. The summed E-state index contributed by atoms with van der Waals surface area (Å²) in [5, 5.41) is 8.79. The molecular weight excluding hydrogens is 232 g/mol. The van der Waals surface area contributed by atoms with Crippen LogP contribution in [0.5, 0.6) is 0 Å². The number of aromatic nitrogens is 3. The van der Waals surface area contributed by atoms with Crippen LogP contribution in [0.25, 0.3) is 0 Å². The predicted octanol–water partition coefficient (Wildman–Crippen LogP) is 2.34. The van der Waals surface area contributed by atoms with Gasteiger partial charge in [-0.05, 0) is 20.8 Å². The van der Waals surface area contributed by atoms with E-state index in [0.717, 1.165) is 17.2 Å². The Kier molecular flexibility index (Phi) is 3.59. The molecule has 2 rings (SSSR count). The smallest absolute Gasteiger partial charge is 0.0900 e. The van der Waals surface area contributed by atoms with E-state index in [1.807, 2.05) is 24.1 Å². The molecule has 0 saturated heterocycles. The highest BCUT2D eigenvalue weighted by Crippen LogP contribution is 2.24. The Hall–Kier alpha value is -1.20. The third-order valence-electron chi connectivity index (χ3n) is 2.70. The topological polar surface area (TPSA) is 42.7 Å². The molecule has 5 heteroatoms. The zero-order valence-electron chi connectivity index (χ0n) is 10.7. The van der Waals surface area contributed by atoms with Crippen molar-refractivity contribution in [3.8, 4) is 0 Å². The molecule has 0 aliphatic rings. The van der Waals surface area contributed by atoms with Gasteiger partial charge in [0.1, 0.15) is 0 Å². The molecule has 92 valence electrons. The second-order valence-electron chi connectivity index (χ2n) is 4.31. The van der Waals surface area contributed by atoms with Gasteiger partial charge in [0, 0.05) is 36.3 Å². The average molecular weight is 250 g/mol. The maximum Gasteiger partial charge on any atom is 0.0900 e. The molecule has 0 aliphatic heterocycles. The lowest BCUT2D eigenvalue weighted by Gasteiger charge is -2.11. The zero-order chi connectivity index (χ0) is 12.4. The Morgan fingerprint density at radius 2 is 2.24 bits per heavy atom. The molecule has 17 heavy (non-hydrogen) atoms. The lowest BCUT2D eigenvalue weighted by Crippen LogP contribution is -2.17. The van der Waals surface area contributed by atoms with Crippen molar-refractivity contribution < 1.29 is 0 Å². The molecule has 0 spiro atoms. The van der Waals surface area contributed by atoms with E-state index in [4.69, 9.17) is 0 Å². The summed E-state index contributed by atoms with van der Waals surface area (Å²) >= 11 is 1.77. The second kappa shape index (κ2) is 4.98. The van der Waals surface area contributed by atoms with Gasteiger partial charge in [-0.3, -0.25) is 4.68 Å². The fourth-order valence-corrected chi connectivity index (χ4v) is 2.83. The van der Waals surface area contributed by atoms with E-state index in [-0.39, 0.29) is 0 Å². The minimum Gasteiger partial charge on any atom is -0.305 e. The van der Waals surface area contributed by atoms with Gasteiger partial charge in [0.05, 0.1) is 16.9 Å². The Morgan fingerprint density at radius 1 is 1.47 bits per heavy atom. The van der Waals surface area contributed by atoms with Crippen molar-refractivity contribution in [2.75, 3.05) is 0 Å². The van der Waals surface area contributed by atoms with Crippen LogP contribution in [0.1, 0.15) is 34.1 Å². The summed E-state index contributed by atoms with van der Waals surface area (Å²) in [6.45, 7) is 7.14. The van der Waals surface area contributed by atoms with Gasteiger partial charge in [-0.1, -0.05) is 0 Å². The van der Waals surface area contributed by atoms with Crippen LogP contribution >= 0.6 is 11.3 Å². The highest BCUT2D eigenvalue weighted by atomic mass is 32.1. The van der Waals surface area contributed by atoms with E-state index in [1.54, 1.807) is 11.3 Å². The molecule has 2 aromatic rings. The first-order chi connectivity index (χ1) is 8.06. The van der Waals surface area contributed by atoms with Gasteiger partial charge >= 0.3 is 0 Å². The normalized spacial score (nSPS) is 12.9. The number of hydrogen-bond donors (Lipinski definition) is 1. The first-order valence-corrected chi connectivity index (χ1v) is 6.52. The maximum atomic E-state index is 4.45. The van der Waals surface area contributed by atoms with Crippen molar-refractivity contribution in [1.29, 1.82) is 0 Å². The molecule has 1 N–H and O–H groups in total. The van der Waals surface area contributed by atoms with Crippen molar-refractivity contribution >= 4 is 11.3 Å². The molecule has 1 unspecified atom stereocenters. The molecule has 4 nitrogen and oxygen atoms in total. The second-order valence-corrected chi connectivity index (χ2v) is 5.54. The molecular formula is C12H18N4S. The third kappa shape index (κ3) is 2.92. The number of thiazole rings is 1. The van der Waals surface area contributed by atoms with E-state index in [1.165, 1.54) is 10.4 Å². The SMILES string of the molecule is Cc1nc(C)c(C(C)NCc2cnn(C)c2)s1. The van der Waals surface area contributed by atoms with Crippen molar-refractivity contribution in [3.05, 3.63) is 33.5 Å². The fraction of sp³-hybridized carbons (Fsp3) is 0.500. The quantitative estimate of drug-likeness (QED) is 0.905. The van der Waals surface area contributed by atoms with Crippen LogP contribution in [0.3, 0.4) is 0 Å². The van der Waals surface area contributed by atoms with Crippen molar-refractivity contribution in [3.63, 3.8) is 0 Å². The van der Waals surface area contributed by atoms with Gasteiger partial charge < -0.3 is 5.32 Å². The summed E-state index contributed by atoms with van der Waals surface area (Å²) in [6, 6.07) is 0.335. The molecule has 0 saturated carbocycles. The Morgan fingerprint density at radius 3 is 2.76 bits per heavy atom. The molecule has 0 bridgehead atoms. The van der Waals surface area contributed by atoms with Gasteiger partial charge in [0.15, 0.2) is 0 Å². The zero-order valence-corrected chi connectivity index (χ0v) is 11.5. The lowest BCUT2D eigenvalue weighted by molar-refractivity contribution is 0.579. The van der Waals surface area contributed by atoms with Crippen LogP contribution in [-0.2, 0) is 13.6 Å². The van der Waals surface area contributed by atoms with Crippen LogP contribution in [0.15, 0.2) is 12.4 Å². The van der Waals surface area contributed by atoms with Gasteiger partial charge in [-0.25, -0.2) is 4.98 Å². The van der Waals surface area contributed by atoms with Crippen molar-refractivity contribution in [1.82, 2.24) is 20.1 Å². The number of nitrogens with zero attached hydrogens (tertiary/aromatic N) is 3. The summed E-state index contributed by atoms with van der Waals surface area (Å²) in [5.74, 6) is 0. The summed E-state index contributed by atoms with van der Waals surface area (Å²) < 4.78 is 1.82. The van der Waals surface area contributed by atoms with E-state index in [2.05, 4.69) is 36.2 Å². The van der Waals surface area contributed by atoms with Gasteiger partial charge in [-0.15, -0.1) is 11.3 Å². The largest absolute Gasteiger partial charge is 0.305 e. The Balaban J connectivity index is 1.97. The molecule has 0 aliphatic carbocycles. The molecule has 0 radical (unpaired) electrons. The summed E-state index contributed by atoms with van der Waals surface area (Å²) in [6.07, 6.45) is 3.93. The number of hydrogen-bond acceptors (Lipinski definition) is 4. The first kappa shape index (κ1) is 12.3. The van der Waals surface area contributed by atoms with Crippen molar-refractivity contribution in [2.45, 2.75) is 33.4 Å². The van der Waals surface area contributed by atoms with Gasteiger partial charge in [-0.2, -0.15) is 5.10 Å². The van der Waals surface area contributed by atoms with E-state index < -0.39 is 0 Å². The minimum atomic E-state index is 0.335. The van der Waals surface area contributed by atoms with E-state index in [9.17, 15) is 0 Å². The summed E-state index contributed by atoms with van der Waals surface area (Å²) in [7, 11) is 1.93. The first-order valence-electron chi connectivity index (χ1n) is 5.71. The van der Waals surface area contributed by atoms with E-state index in [0.29, 0.717) is 6.04 Å². The number of nitrogens with one attached hydrogen (secondary N) is 1. The van der Waals surface area contributed by atoms with Gasteiger partial charge in [0.25, 0.3) is 0 Å². The highest BCUT2D eigenvalue weighted by Gasteiger charge is 2.12. The highest BCUT2D eigenvalue weighted by molar-refractivity contribution is 7.11. The standard InChI is InChI=1S/C12H18N4S/c1-8(12-9(2)15-10(3)17-12)13-5-11-6-14-16(4)7-11/h6-8,13H,5H2,1-4H3. The molecule has 2 aromatic heterocycles. The fourth-order valence-electron chi connectivity index (χ4n) is 1.88. The van der Waals surface area contributed by atoms with E-state index >= 15 is 0 Å². The number of rotatable bonds is 4. The molecule has 0 aromatic carbocycles. The molecule has 2 heterocycles. The Bertz CT molecular complexity index is 500. The minimum absolute atomic E-state index is 0.335. The van der Waals surface area contributed by atoms with Crippen LogP contribution < -0.4 is 5.32 Å². The van der Waals surface area contributed by atoms with Crippen molar-refractivity contribution in [2.24, 2.45) is 7.05 Å².